The van der Waals surface area contributed by atoms with Crippen molar-refractivity contribution < 1.29 is 9.47 Å². The summed E-state index contributed by atoms with van der Waals surface area (Å²) in [5.41, 5.74) is 0.446. The van der Waals surface area contributed by atoms with E-state index in [1.54, 1.807) is 7.11 Å². The molecule has 0 unspecified atom stereocenters. The number of ether oxygens (including phenoxy) is 2. The van der Waals surface area contributed by atoms with Crippen LogP contribution in [-0.2, 0) is 9.47 Å². The molecule has 1 saturated carbocycles. The number of piperidine rings is 1. The Morgan fingerprint density at radius 2 is 1.72 bits per heavy atom. The molecule has 2 aliphatic rings. The second kappa shape index (κ2) is 6.88. The summed E-state index contributed by atoms with van der Waals surface area (Å²) >= 11 is 0. The molecule has 1 aliphatic carbocycles. The molecule has 0 aromatic rings. The van der Waals surface area contributed by atoms with Gasteiger partial charge in [-0.3, -0.25) is 4.90 Å². The fraction of sp³-hybridized carbons (Fsp3) is 1.00. The minimum atomic E-state index is 0.446. The summed E-state index contributed by atoms with van der Waals surface area (Å²) in [6, 6.07) is 0. The van der Waals surface area contributed by atoms with Gasteiger partial charge in [-0.15, -0.1) is 0 Å². The Kier molecular flexibility index (Phi) is 5.46. The maximum Gasteiger partial charge on any atom is 0.0704 e. The third-order valence-electron chi connectivity index (χ3n) is 4.77. The lowest BCUT2D eigenvalue weighted by Crippen LogP contribution is -2.51. The van der Waals surface area contributed by atoms with Crippen LogP contribution in [0.15, 0.2) is 0 Å². The predicted octanol–water partition coefficient (Wildman–Crippen LogP) is 2.84. The number of methoxy groups -OCH3 is 1. The first kappa shape index (κ1) is 14.3. The van der Waals surface area contributed by atoms with Gasteiger partial charge in [0.05, 0.1) is 19.3 Å². The first-order valence-electron chi connectivity index (χ1n) is 7.60. The van der Waals surface area contributed by atoms with E-state index in [-0.39, 0.29) is 0 Å². The number of rotatable bonds is 5. The zero-order chi connectivity index (χ0) is 12.8. The number of likely N-dealkylation sites (tertiary alicyclic amines) is 1. The Morgan fingerprint density at radius 3 is 2.33 bits per heavy atom. The van der Waals surface area contributed by atoms with Crippen LogP contribution in [0.5, 0.6) is 0 Å². The molecule has 0 radical (unpaired) electrons. The average molecular weight is 255 g/mol. The van der Waals surface area contributed by atoms with Crippen molar-refractivity contribution in [1.82, 2.24) is 4.90 Å². The SMILES string of the molecule is COCCOC1CCC(C)(N2CCCCC2)CC1. The van der Waals surface area contributed by atoms with Crippen molar-refractivity contribution in [3.8, 4) is 0 Å². The van der Waals surface area contributed by atoms with Crippen LogP contribution in [0.25, 0.3) is 0 Å². The highest BCUT2D eigenvalue weighted by Crippen LogP contribution is 2.36. The summed E-state index contributed by atoms with van der Waals surface area (Å²) in [6.07, 6.45) is 9.71. The maximum atomic E-state index is 5.86. The first-order valence-corrected chi connectivity index (χ1v) is 7.60. The van der Waals surface area contributed by atoms with Crippen molar-refractivity contribution in [3.05, 3.63) is 0 Å². The van der Waals surface area contributed by atoms with Gasteiger partial charge in [-0.2, -0.15) is 0 Å². The van der Waals surface area contributed by atoms with E-state index in [9.17, 15) is 0 Å². The molecule has 3 heteroatoms. The summed E-state index contributed by atoms with van der Waals surface area (Å²) in [5, 5.41) is 0. The van der Waals surface area contributed by atoms with Gasteiger partial charge >= 0.3 is 0 Å². The van der Waals surface area contributed by atoms with Crippen LogP contribution in [0.1, 0.15) is 51.9 Å². The highest BCUT2D eigenvalue weighted by Gasteiger charge is 2.36. The molecular weight excluding hydrogens is 226 g/mol. The predicted molar refractivity (Wildman–Crippen MR) is 73.9 cm³/mol. The Labute approximate surface area is 112 Å². The van der Waals surface area contributed by atoms with Crippen molar-refractivity contribution in [1.29, 1.82) is 0 Å². The van der Waals surface area contributed by atoms with Gasteiger partial charge in [0, 0.05) is 12.6 Å². The lowest BCUT2D eigenvalue weighted by Gasteiger charge is -2.47. The Morgan fingerprint density at radius 1 is 1.06 bits per heavy atom. The molecule has 2 rings (SSSR count). The molecule has 3 nitrogen and oxygen atoms in total. The van der Waals surface area contributed by atoms with Gasteiger partial charge < -0.3 is 9.47 Å². The van der Waals surface area contributed by atoms with Crippen molar-refractivity contribution in [3.63, 3.8) is 0 Å². The molecule has 1 saturated heterocycles. The molecule has 18 heavy (non-hydrogen) atoms. The van der Waals surface area contributed by atoms with E-state index < -0.39 is 0 Å². The molecule has 1 heterocycles. The van der Waals surface area contributed by atoms with Crippen LogP contribution in [0.2, 0.25) is 0 Å². The second-order valence-corrected chi connectivity index (χ2v) is 6.11. The molecule has 0 spiro atoms. The largest absolute Gasteiger partial charge is 0.382 e. The van der Waals surface area contributed by atoms with Gasteiger partial charge in [0.2, 0.25) is 0 Å². The smallest absolute Gasteiger partial charge is 0.0704 e. The minimum Gasteiger partial charge on any atom is -0.382 e. The van der Waals surface area contributed by atoms with E-state index in [0.29, 0.717) is 11.6 Å². The monoisotopic (exact) mass is 255 g/mol. The van der Waals surface area contributed by atoms with Crippen molar-refractivity contribution in [2.45, 2.75) is 63.5 Å². The van der Waals surface area contributed by atoms with Crippen LogP contribution < -0.4 is 0 Å². The van der Waals surface area contributed by atoms with Crippen LogP contribution in [0.3, 0.4) is 0 Å². The Balaban J connectivity index is 1.74. The normalized spacial score (nSPS) is 34.7. The molecule has 106 valence electrons. The first-order chi connectivity index (χ1) is 8.74. The zero-order valence-corrected chi connectivity index (χ0v) is 12.1. The number of hydrogen-bond donors (Lipinski definition) is 0. The molecule has 0 aromatic carbocycles. The van der Waals surface area contributed by atoms with Gasteiger partial charge in [0.15, 0.2) is 0 Å². The molecule has 2 fully saturated rings. The summed E-state index contributed by atoms with van der Waals surface area (Å²) in [5.74, 6) is 0. The van der Waals surface area contributed by atoms with E-state index in [4.69, 9.17) is 9.47 Å². The fourth-order valence-electron chi connectivity index (χ4n) is 3.43. The van der Waals surface area contributed by atoms with Crippen LogP contribution in [0.4, 0.5) is 0 Å². The standard InChI is InChI=1S/C15H29NO2/c1-15(16-10-4-3-5-11-16)8-6-14(7-9-15)18-13-12-17-2/h14H,3-13H2,1-2H3. The molecular formula is C15H29NO2. The highest BCUT2D eigenvalue weighted by molar-refractivity contribution is 4.92. The average Bonchev–Trinajstić information content (AvgIpc) is 2.42. The van der Waals surface area contributed by atoms with Crippen molar-refractivity contribution in [2.24, 2.45) is 0 Å². The third kappa shape index (κ3) is 3.69. The molecule has 0 N–H and O–H groups in total. The van der Waals surface area contributed by atoms with E-state index in [2.05, 4.69) is 11.8 Å². The van der Waals surface area contributed by atoms with E-state index in [1.807, 2.05) is 0 Å². The Hall–Kier alpha value is -0.120. The molecule has 0 aromatic heterocycles. The highest BCUT2D eigenvalue weighted by atomic mass is 16.5. The van der Waals surface area contributed by atoms with Gasteiger partial charge in [0.1, 0.15) is 0 Å². The molecule has 0 atom stereocenters. The quantitative estimate of drug-likeness (QED) is 0.705. The van der Waals surface area contributed by atoms with Gasteiger partial charge in [-0.05, 0) is 58.5 Å². The number of hydrogen-bond acceptors (Lipinski definition) is 3. The second-order valence-electron chi connectivity index (χ2n) is 6.11. The molecule has 0 bridgehead atoms. The van der Waals surface area contributed by atoms with Gasteiger partial charge in [0.25, 0.3) is 0 Å². The van der Waals surface area contributed by atoms with E-state index >= 15 is 0 Å². The summed E-state index contributed by atoms with van der Waals surface area (Å²) in [6.45, 7) is 6.56. The van der Waals surface area contributed by atoms with Crippen molar-refractivity contribution in [2.75, 3.05) is 33.4 Å². The minimum absolute atomic E-state index is 0.446. The lowest BCUT2D eigenvalue weighted by atomic mass is 9.79. The molecule has 1 aliphatic heterocycles. The summed E-state index contributed by atoms with van der Waals surface area (Å²) in [4.78, 5) is 2.74. The maximum absolute atomic E-state index is 5.86. The topological polar surface area (TPSA) is 21.7 Å². The fourth-order valence-corrected chi connectivity index (χ4v) is 3.43. The van der Waals surface area contributed by atoms with Crippen LogP contribution >= 0.6 is 0 Å². The molecule has 0 amide bonds. The van der Waals surface area contributed by atoms with Crippen molar-refractivity contribution >= 4 is 0 Å². The van der Waals surface area contributed by atoms with Crippen LogP contribution in [0, 0.1) is 0 Å². The zero-order valence-electron chi connectivity index (χ0n) is 12.1. The van der Waals surface area contributed by atoms with Gasteiger partial charge in [-0.25, -0.2) is 0 Å². The van der Waals surface area contributed by atoms with Gasteiger partial charge in [-0.1, -0.05) is 6.42 Å². The Bertz CT molecular complexity index is 231. The summed E-state index contributed by atoms with van der Waals surface area (Å²) < 4.78 is 10.9. The van der Waals surface area contributed by atoms with Crippen LogP contribution in [-0.4, -0.2) is 50.0 Å². The van der Waals surface area contributed by atoms with E-state index in [0.717, 1.165) is 13.2 Å². The summed E-state index contributed by atoms with van der Waals surface area (Å²) in [7, 11) is 1.73. The lowest BCUT2D eigenvalue weighted by molar-refractivity contribution is -0.0393. The van der Waals surface area contributed by atoms with E-state index in [1.165, 1.54) is 58.0 Å². The number of nitrogens with zero attached hydrogens (tertiary/aromatic N) is 1. The third-order valence-corrected chi connectivity index (χ3v) is 4.77.